The van der Waals surface area contributed by atoms with Crippen LogP contribution in [0.1, 0.15) is 36.8 Å². The number of H-pyrrole nitrogens is 1. The van der Waals surface area contributed by atoms with Crippen molar-refractivity contribution in [1.82, 2.24) is 20.0 Å². The standard InChI is InChI=1S/C20H17ClN4O2.C2H6.CH4O/c1-2-25-10-15(23-24-25)12-27-16-5-3-13(4-6-16)17-7-18-14(11-26)9-22-20(18)8-19(17)21;2*1-2/h3-11,22H,2,12H2,1H3;1-2H3;2H,1H3. The number of ether oxygens (including phenoxy) is 1. The Balaban J connectivity index is 0.000000807. The molecule has 2 aromatic carbocycles. The fraction of sp³-hybridized carbons (Fsp3) is 0.261. The number of nitrogens with zero attached hydrogens (tertiary/aromatic N) is 3. The molecule has 31 heavy (non-hydrogen) atoms. The Bertz CT molecular complexity index is 1100. The third-order valence-electron chi connectivity index (χ3n) is 4.39. The van der Waals surface area contributed by atoms with Gasteiger partial charge in [0.15, 0.2) is 6.29 Å². The molecular formula is C23H27ClN4O3. The van der Waals surface area contributed by atoms with Crippen LogP contribution in [0.15, 0.2) is 48.8 Å². The maximum Gasteiger partial charge on any atom is 0.152 e. The monoisotopic (exact) mass is 442 g/mol. The highest BCUT2D eigenvalue weighted by atomic mass is 35.5. The Morgan fingerprint density at radius 3 is 2.52 bits per heavy atom. The summed E-state index contributed by atoms with van der Waals surface area (Å²) in [7, 11) is 1.00. The largest absolute Gasteiger partial charge is 0.487 e. The second-order valence-electron chi connectivity index (χ2n) is 6.12. The molecule has 0 saturated carbocycles. The highest BCUT2D eigenvalue weighted by Crippen LogP contribution is 2.33. The van der Waals surface area contributed by atoms with E-state index in [0.29, 0.717) is 17.2 Å². The first-order valence-corrected chi connectivity index (χ1v) is 10.4. The molecule has 4 rings (SSSR count). The number of hydrogen-bond donors (Lipinski definition) is 2. The minimum absolute atomic E-state index is 0.359. The summed E-state index contributed by atoms with van der Waals surface area (Å²) in [4.78, 5) is 14.2. The van der Waals surface area contributed by atoms with Crippen molar-refractivity contribution in [2.24, 2.45) is 0 Å². The zero-order chi connectivity index (χ0) is 22.8. The summed E-state index contributed by atoms with van der Waals surface area (Å²) < 4.78 is 7.52. The minimum Gasteiger partial charge on any atom is -0.487 e. The molecule has 0 saturated heterocycles. The molecule has 0 amide bonds. The van der Waals surface area contributed by atoms with Gasteiger partial charge in [-0.1, -0.05) is 42.8 Å². The van der Waals surface area contributed by atoms with Crippen LogP contribution in [0.5, 0.6) is 5.75 Å². The average Bonchev–Trinajstić information content (AvgIpc) is 3.46. The van der Waals surface area contributed by atoms with E-state index < -0.39 is 0 Å². The van der Waals surface area contributed by atoms with Crippen molar-refractivity contribution in [1.29, 1.82) is 0 Å². The first-order chi connectivity index (χ1) is 15.2. The molecule has 0 aliphatic carbocycles. The van der Waals surface area contributed by atoms with Gasteiger partial charge in [-0.2, -0.15) is 0 Å². The zero-order valence-corrected chi connectivity index (χ0v) is 18.8. The molecule has 0 radical (unpaired) electrons. The third-order valence-corrected chi connectivity index (χ3v) is 4.70. The van der Waals surface area contributed by atoms with Crippen LogP contribution >= 0.6 is 11.6 Å². The van der Waals surface area contributed by atoms with Crippen molar-refractivity contribution in [3.8, 4) is 16.9 Å². The quantitative estimate of drug-likeness (QED) is 0.404. The maximum atomic E-state index is 11.2. The lowest BCUT2D eigenvalue weighted by Gasteiger charge is -2.08. The number of aromatic nitrogens is 4. The Kier molecular flexibility index (Phi) is 9.24. The molecule has 8 heteroatoms. The van der Waals surface area contributed by atoms with Gasteiger partial charge in [0, 0.05) is 41.9 Å². The van der Waals surface area contributed by atoms with Gasteiger partial charge >= 0.3 is 0 Å². The Hall–Kier alpha value is -3.16. The summed E-state index contributed by atoms with van der Waals surface area (Å²) in [5, 5.41) is 16.5. The summed E-state index contributed by atoms with van der Waals surface area (Å²) in [6.45, 7) is 7.14. The van der Waals surface area contributed by atoms with Crippen molar-refractivity contribution in [3.05, 3.63) is 65.1 Å². The molecule has 0 fully saturated rings. The number of aldehydes is 1. The van der Waals surface area contributed by atoms with E-state index in [0.717, 1.165) is 53.4 Å². The Labute approximate surface area is 186 Å². The molecule has 2 aromatic heterocycles. The lowest BCUT2D eigenvalue weighted by atomic mass is 10.0. The molecule has 2 heterocycles. The summed E-state index contributed by atoms with van der Waals surface area (Å²) in [5.74, 6) is 0.734. The number of hydrogen-bond acceptors (Lipinski definition) is 5. The number of fused-ring (bicyclic) bond motifs is 1. The number of carbonyl (C=O) groups excluding carboxylic acids is 1. The van der Waals surface area contributed by atoms with Crippen molar-refractivity contribution in [2.45, 2.75) is 33.9 Å². The average molecular weight is 443 g/mol. The zero-order valence-electron chi connectivity index (χ0n) is 18.1. The van der Waals surface area contributed by atoms with E-state index in [4.69, 9.17) is 21.4 Å². The second-order valence-corrected chi connectivity index (χ2v) is 6.53. The predicted molar refractivity (Wildman–Crippen MR) is 124 cm³/mol. The Morgan fingerprint density at radius 1 is 1.19 bits per heavy atom. The summed E-state index contributed by atoms with van der Waals surface area (Å²) >= 11 is 6.43. The number of rotatable bonds is 6. The SMILES string of the molecule is CC.CCn1cc(COc2ccc(-c3cc4c(C=O)c[nH]c4cc3Cl)cc2)nn1.CO. The first-order valence-electron chi connectivity index (χ1n) is 10.0. The van der Waals surface area contributed by atoms with E-state index in [-0.39, 0.29) is 0 Å². The Morgan fingerprint density at radius 2 is 1.90 bits per heavy atom. The van der Waals surface area contributed by atoms with Gasteiger partial charge in [-0.3, -0.25) is 9.48 Å². The number of nitrogens with one attached hydrogen (secondary N) is 1. The predicted octanol–water partition coefficient (Wildman–Crippen LogP) is 5.13. The molecule has 7 nitrogen and oxygen atoms in total. The van der Waals surface area contributed by atoms with Crippen LogP contribution in [-0.4, -0.2) is 38.5 Å². The lowest BCUT2D eigenvalue weighted by Crippen LogP contribution is -1.96. The van der Waals surface area contributed by atoms with Gasteiger partial charge < -0.3 is 14.8 Å². The van der Waals surface area contributed by atoms with Crippen LogP contribution in [0.3, 0.4) is 0 Å². The number of aromatic amines is 1. The van der Waals surface area contributed by atoms with Crippen molar-refractivity contribution >= 4 is 28.8 Å². The van der Waals surface area contributed by atoms with Crippen molar-refractivity contribution in [2.75, 3.05) is 7.11 Å². The number of aliphatic hydroxyl groups is 1. The number of aliphatic hydroxyl groups excluding tert-OH is 1. The highest BCUT2D eigenvalue weighted by molar-refractivity contribution is 6.34. The molecule has 0 aliphatic rings. The molecule has 0 unspecified atom stereocenters. The number of carbonyl (C=O) groups is 1. The van der Waals surface area contributed by atoms with E-state index in [1.807, 2.05) is 63.4 Å². The van der Waals surface area contributed by atoms with Gasteiger partial charge in [0.1, 0.15) is 18.1 Å². The van der Waals surface area contributed by atoms with E-state index >= 15 is 0 Å². The highest BCUT2D eigenvalue weighted by Gasteiger charge is 2.10. The number of aryl methyl sites for hydroxylation is 1. The van der Waals surface area contributed by atoms with Crippen LogP contribution in [0, 0.1) is 0 Å². The molecule has 2 N–H and O–H groups in total. The van der Waals surface area contributed by atoms with Gasteiger partial charge in [-0.05, 0) is 36.8 Å². The first kappa shape index (κ1) is 24.1. The minimum atomic E-state index is 0.359. The van der Waals surface area contributed by atoms with Crippen LogP contribution in [0.25, 0.3) is 22.0 Å². The van der Waals surface area contributed by atoms with Gasteiger partial charge in [-0.15, -0.1) is 5.10 Å². The number of benzene rings is 2. The van der Waals surface area contributed by atoms with E-state index in [1.165, 1.54) is 0 Å². The van der Waals surface area contributed by atoms with Crippen LogP contribution < -0.4 is 4.74 Å². The second kappa shape index (κ2) is 11.9. The van der Waals surface area contributed by atoms with E-state index in [1.54, 1.807) is 10.9 Å². The molecular weight excluding hydrogens is 416 g/mol. The molecule has 0 spiro atoms. The fourth-order valence-electron chi connectivity index (χ4n) is 2.93. The third kappa shape index (κ3) is 5.71. The molecule has 164 valence electrons. The topological polar surface area (TPSA) is 93.0 Å². The fourth-order valence-corrected chi connectivity index (χ4v) is 3.20. The summed E-state index contributed by atoms with van der Waals surface area (Å²) in [5.41, 5.74) is 4.05. The van der Waals surface area contributed by atoms with E-state index in [2.05, 4.69) is 15.3 Å². The number of halogens is 1. The van der Waals surface area contributed by atoms with Crippen LogP contribution in [0.4, 0.5) is 0 Å². The van der Waals surface area contributed by atoms with Gasteiger partial charge in [0.05, 0.1) is 11.2 Å². The van der Waals surface area contributed by atoms with Crippen LogP contribution in [0.2, 0.25) is 5.02 Å². The maximum absolute atomic E-state index is 11.2. The summed E-state index contributed by atoms with van der Waals surface area (Å²) in [6, 6.07) is 11.4. The molecule has 4 aromatic rings. The van der Waals surface area contributed by atoms with E-state index in [9.17, 15) is 4.79 Å². The lowest BCUT2D eigenvalue weighted by molar-refractivity contribution is 0.112. The van der Waals surface area contributed by atoms with Gasteiger partial charge in [0.2, 0.25) is 0 Å². The molecule has 0 aliphatic heterocycles. The van der Waals surface area contributed by atoms with Crippen LogP contribution in [-0.2, 0) is 13.2 Å². The smallest absolute Gasteiger partial charge is 0.152 e. The van der Waals surface area contributed by atoms with Gasteiger partial charge in [0.25, 0.3) is 0 Å². The van der Waals surface area contributed by atoms with Gasteiger partial charge in [-0.25, -0.2) is 0 Å². The molecule has 0 atom stereocenters. The summed E-state index contributed by atoms with van der Waals surface area (Å²) in [6.07, 6.45) is 4.39. The van der Waals surface area contributed by atoms with Crippen molar-refractivity contribution < 1.29 is 14.6 Å². The normalized spacial score (nSPS) is 10.0. The van der Waals surface area contributed by atoms with Crippen molar-refractivity contribution in [3.63, 3.8) is 0 Å². The molecule has 0 bridgehead atoms.